The van der Waals surface area contributed by atoms with Gasteiger partial charge in [-0.2, -0.15) is 0 Å². The third-order valence-electron chi connectivity index (χ3n) is 4.81. The molecule has 2 heterocycles. The summed E-state index contributed by atoms with van der Waals surface area (Å²) in [5.41, 5.74) is 5.65. The molecule has 7 nitrogen and oxygen atoms in total. The highest BCUT2D eigenvalue weighted by Gasteiger charge is 2.10. The Morgan fingerprint density at radius 2 is 1.79 bits per heavy atom. The van der Waals surface area contributed by atoms with Crippen LogP contribution in [0.4, 0.5) is 0 Å². The van der Waals surface area contributed by atoms with Crippen molar-refractivity contribution in [1.82, 2.24) is 19.7 Å². The number of imidazole rings is 1. The predicted molar refractivity (Wildman–Crippen MR) is 109 cm³/mol. The predicted octanol–water partition coefficient (Wildman–Crippen LogP) is 4.04. The van der Waals surface area contributed by atoms with Gasteiger partial charge in [0.1, 0.15) is 12.1 Å². The summed E-state index contributed by atoms with van der Waals surface area (Å²) >= 11 is 0. The Morgan fingerprint density at radius 3 is 2.55 bits per heavy atom. The van der Waals surface area contributed by atoms with Gasteiger partial charge < -0.3 is 4.74 Å². The van der Waals surface area contributed by atoms with Crippen LogP contribution in [0.15, 0.2) is 82.4 Å². The Hall–Kier alpha value is -4.13. The van der Waals surface area contributed by atoms with E-state index in [0.717, 1.165) is 39.2 Å². The van der Waals surface area contributed by atoms with Crippen LogP contribution in [0.2, 0.25) is 0 Å². The van der Waals surface area contributed by atoms with E-state index < -0.39 is 5.76 Å². The zero-order valence-electron chi connectivity index (χ0n) is 15.5. The maximum atomic E-state index is 11.3. The number of aromatic nitrogens is 4. The van der Waals surface area contributed by atoms with E-state index in [0.29, 0.717) is 5.82 Å². The lowest BCUT2D eigenvalue weighted by molar-refractivity contribution is 0.388. The highest BCUT2D eigenvalue weighted by atomic mass is 16.5. The molecule has 3 aromatic carbocycles. The van der Waals surface area contributed by atoms with E-state index in [1.54, 1.807) is 13.4 Å². The van der Waals surface area contributed by atoms with Crippen LogP contribution in [0.1, 0.15) is 0 Å². The number of hydrogen-bond donors (Lipinski definition) is 1. The molecule has 5 aromatic rings. The molecule has 0 aliphatic rings. The Balaban J connectivity index is 1.59. The molecule has 0 fully saturated rings. The second kappa shape index (κ2) is 6.79. The topological polar surface area (TPSA) is 85.9 Å². The van der Waals surface area contributed by atoms with Gasteiger partial charge in [0.15, 0.2) is 5.82 Å². The molecule has 29 heavy (non-hydrogen) atoms. The van der Waals surface area contributed by atoms with Crippen LogP contribution >= 0.6 is 0 Å². The molecule has 5 rings (SSSR count). The second-order valence-electron chi connectivity index (χ2n) is 6.54. The number of rotatable bonds is 4. The van der Waals surface area contributed by atoms with Gasteiger partial charge in [0.25, 0.3) is 0 Å². The van der Waals surface area contributed by atoms with Gasteiger partial charge in [0, 0.05) is 11.3 Å². The molecule has 0 aliphatic heterocycles. The molecule has 2 aromatic heterocycles. The van der Waals surface area contributed by atoms with Crippen LogP contribution in [0.25, 0.3) is 39.2 Å². The molecular formula is C22H16N4O3. The van der Waals surface area contributed by atoms with Crippen LogP contribution in [-0.4, -0.2) is 26.8 Å². The lowest BCUT2D eigenvalue weighted by atomic mass is 10.0. The summed E-state index contributed by atoms with van der Waals surface area (Å²) in [4.78, 5) is 18.3. The average molecular weight is 384 g/mol. The number of nitrogens with zero attached hydrogens (tertiary/aromatic N) is 3. The highest BCUT2D eigenvalue weighted by molar-refractivity contribution is 5.82. The monoisotopic (exact) mass is 384 g/mol. The van der Waals surface area contributed by atoms with Crippen LogP contribution in [0, 0.1) is 0 Å². The van der Waals surface area contributed by atoms with E-state index in [1.807, 2.05) is 59.2 Å². The van der Waals surface area contributed by atoms with Crippen molar-refractivity contribution in [1.29, 1.82) is 0 Å². The Morgan fingerprint density at radius 1 is 0.966 bits per heavy atom. The molecule has 0 saturated carbocycles. The summed E-state index contributed by atoms with van der Waals surface area (Å²) < 4.78 is 11.9. The van der Waals surface area contributed by atoms with Gasteiger partial charge in [0.2, 0.25) is 0 Å². The molecule has 0 saturated heterocycles. The standard InChI is InChI=1S/C22H16N4O3/c1-28-18-8-5-14(6-9-18)15-3-2-4-17(11-15)26-13-23-19-10-7-16(12-20(19)26)21-24-22(27)29-25-21/h2-13H,1H3,(H,24,25,27). The zero-order chi connectivity index (χ0) is 19.8. The number of ether oxygens (including phenoxy) is 1. The third kappa shape index (κ3) is 3.08. The average Bonchev–Trinajstić information content (AvgIpc) is 3.39. The van der Waals surface area contributed by atoms with Crippen molar-refractivity contribution < 1.29 is 9.26 Å². The summed E-state index contributed by atoms with van der Waals surface area (Å²) in [5, 5.41) is 3.76. The zero-order valence-corrected chi connectivity index (χ0v) is 15.5. The number of benzene rings is 3. The van der Waals surface area contributed by atoms with Gasteiger partial charge in [-0.3, -0.25) is 14.1 Å². The maximum absolute atomic E-state index is 11.3. The molecule has 0 bridgehead atoms. The van der Waals surface area contributed by atoms with Crippen molar-refractivity contribution in [2.24, 2.45) is 0 Å². The number of fused-ring (bicyclic) bond motifs is 1. The minimum atomic E-state index is -0.583. The van der Waals surface area contributed by atoms with Gasteiger partial charge in [-0.1, -0.05) is 29.4 Å². The smallest absolute Gasteiger partial charge is 0.439 e. The first-order valence-electron chi connectivity index (χ1n) is 8.99. The van der Waals surface area contributed by atoms with Crippen LogP contribution in [0.3, 0.4) is 0 Å². The molecule has 1 N–H and O–H groups in total. The van der Waals surface area contributed by atoms with Gasteiger partial charge in [-0.15, -0.1) is 0 Å². The van der Waals surface area contributed by atoms with Gasteiger partial charge in [0.05, 0.1) is 18.1 Å². The molecule has 7 heteroatoms. The molecule has 0 radical (unpaired) electrons. The van der Waals surface area contributed by atoms with Gasteiger partial charge in [-0.05, 0) is 53.6 Å². The van der Waals surface area contributed by atoms with E-state index >= 15 is 0 Å². The summed E-state index contributed by atoms with van der Waals surface area (Å²) in [6.45, 7) is 0. The summed E-state index contributed by atoms with van der Waals surface area (Å²) in [7, 11) is 1.66. The largest absolute Gasteiger partial charge is 0.497 e. The second-order valence-corrected chi connectivity index (χ2v) is 6.54. The lowest BCUT2D eigenvalue weighted by Crippen LogP contribution is -1.95. The number of nitrogens with one attached hydrogen (secondary N) is 1. The number of aromatic amines is 1. The number of H-pyrrole nitrogens is 1. The van der Waals surface area contributed by atoms with Gasteiger partial charge in [-0.25, -0.2) is 9.78 Å². The molecule has 0 atom stereocenters. The Kier molecular flexibility index (Phi) is 3.98. The van der Waals surface area contributed by atoms with E-state index in [-0.39, 0.29) is 0 Å². The SMILES string of the molecule is COc1ccc(-c2cccc(-n3cnc4ccc(-c5noc(=O)[nH]5)cc43)c2)cc1. The molecule has 0 unspecified atom stereocenters. The molecular weight excluding hydrogens is 368 g/mol. The molecule has 0 spiro atoms. The summed E-state index contributed by atoms with van der Waals surface area (Å²) in [5.74, 6) is 0.626. The van der Waals surface area contributed by atoms with Crippen molar-refractivity contribution in [3.05, 3.63) is 83.6 Å². The van der Waals surface area contributed by atoms with Crippen molar-refractivity contribution in [2.75, 3.05) is 7.11 Å². The van der Waals surface area contributed by atoms with Crippen molar-refractivity contribution in [2.45, 2.75) is 0 Å². The lowest BCUT2D eigenvalue weighted by Gasteiger charge is -2.09. The van der Waals surface area contributed by atoms with Crippen molar-refractivity contribution in [3.63, 3.8) is 0 Å². The normalized spacial score (nSPS) is 11.1. The van der Waals surface area contributed by atoms with Crippen LogP contribution in [-0.2, 0) is 0 Å². The first-order chi connectivity index (χ1) is 14.2. The quantitative estimate of drug-likeness (QED) is 0.505. The Labute approximate surface area is 165 Å². The number of hydrogen-bond acceptors (Lipinski definition) is 5. The molecule has 142 valence electrons. The number of methoxy groups -OCH3 is 1. The molecule has 0 amide bonds. The van der Waals surface area contributed by atoms with Crippen LogP contribution < -0.4 is 10.5 Å². The van der Waals surface area contributed by atoms with Crippen LogP contribution in [0.5, 0.6) is 5.75 Å². The molecule has 0 aliphatic carbocycles. The maximum Gasteiger partial charge on any atom is 0.439 e. The summed E-state index contributed by atoms with van der Waals surface area (Å²) in [6, 6.07) is 21.8. The van der Waals surface area contributed by atoms with Gasteiger partial charge >= 0.3 is 5.76 Å². The third-order valence-corrected chi connectivity index (χ3v) is 4.81. The fraction of sp³-hybridized carbons (Fsp3) is 0.0455. The Bertz CT molecular complexity index is 1360. The summed E-state index contributed by atoms with van der Waals surface area (Å²) in [6.07, 6.45) is 1.78. The van der Waals surface area contributed by atoms with E-state index in [4.69, 9.17) is 4.74 Å². The highest BCUT2D eigenvalue weighted by Crippen LogP contribution is 2.27. The van der Waals surface area contributed by atoms with Crippen molar-refractivity contribution >= 4 is 11.0 Å². The van der Waals surface area contributed by atoms with E-state index in [2.05, 4.69) is 31.8 Å². The fourth-order valence-electron chi connectivity index (χ4n) is 3.33. The van der Waals surface area contributed by atoms with E-state index in [1.165, 1.54) is 0 Å². The first kappa shape index (κ1) is 17.0. The van der Waals surface area contributed by atoms with E-state index in [9.17, 15) is 4.79 Å². The fourth-order valence-corrected chi connectivity index (χ4v) is 3.33. The first-order valence-corrected chi connectivity index (χ1v) is 8.99. The minimum absolute atomic E-state index is 0.386. The minimum Gasteiger partial charge on any atom is -0.497 e. The van der Waals surface area contributed by atoms with Crippen molar-refractivity contribution in [3.8, 4) is 34.0 Å².